The lowest BCUT2D eigenvalue weighted by Crippen LogP contribution is -2.44. The minimum Gasteiger partial charge on any atom is -0.541 e. The van der Waals surface area contributed by atoms with Gasteiger partial charge in [-0.2, -0.15) is 0 Å². The maximum absolute atomic E-state index is 6.39. The van der Waals surface area contributed by atoms with Gasteiger partial charge in [0.05, 0.1) is 7.11 Å². The SMILES string of the molecule is COc1cccc(CBr)c1O[Si](C)(C)C(C)(C)C. The Hall–Kier alpha value is -0.483. The number of rotatable bonds is 4. The molecule has 0 unspecified atom stereocenters. The summed E-state index contributed by atoms with van der Waals surface area (Å²) in [6, 6.07) is 6.02. The second kappa shape index (κ2) is 5.66. The summed E-state index contributed by atoms with van der Waals surface area (Å²) >= 11 is 3.51. The molecule has 4 heteroatoms. The van der Waals surface area contributed by atoms with Gasteiger partial charge in [0, 0.05) is 10.9 Å². The minimum absolute atomic E-state index is 0.178. The lowest BCUT2D eigenvalue weighted by Gasteiger charge is -2.37. The van der Waals surface area contributed by atoms with Crippen molar-refractivity contribution in [2.75, 3.05) is 7.11 Å². The number of methoxy groups -OCH3 is 1. The molecule has 0 atom stereocenters. The first-order valence-corrected chi connectivity index (χ1v) is 10.2. The maximum Gasteiger partial charge on any atom is 0.250 e. The largest absolute Gasteiger partial charge is 0.541 e. The molecule has 18 heavy (non-hydrogen) atoms. The monoisotopic (exact) mass is 330 g/mol. The predicted molar refractivity (Wildman–Crippen MR) is 83.5 cm³/mol. The highest BCUT2D eigenvalue weighted by molar-refractivity contribution is 9.08. The molecular weight excluding hydrogens is 308 g/mol. The van der Waals surface area contributed by atoms with E-state index in [1.807, 2.05) is 12.1 Å². The molecule has 1 aromatic rings. The van der Waals surface area contributed by atoms with Crippen LogP contribution in [0.3, 0.4) is 0 Å². The summed E-state index contributed by atoms with van der Waals surface area (Å²) in [5.41, 5.74) is 1.14. The summed E-state index contributed by atoms with van der Waals surface area (Å²) in [6.07, 6.45) is 0. The Morgan fingerprint density at radius 3 is 2.28 bits per heavy atom. The van der Waals surface area contributed by atoms with Crippen molar-refractivity contribution >= 4 is 24.2 Å². The van der Waals surface area contributed by atoms with Crippen molar-refractivity contribution in [1.82, 2.24) is 0 Å². The van der Waals surface area contributed by atoms with E-state index >= 15 is 0 Å². The van der Waals surface area contributed by atoms with Crippen LogP contribution in [-0.2, 0) is 5.33 Å². The smallest absolute Gasteiger partial charge is 0.250 e. The molecule has 0 spiro atoms. The Morgan fingerprint density at radius 2 is 1.83 bits per heavy atom. The molecule has 0 heterocycles. The molecule has 0 aromatic heterocycles. The standard InChI is InChI=1S/C14H23BrO2Si/c1-14(2,3)18(5,6)17-13-11(10-15)8-7-9-12(13)16-4/h7-9H,10H2,1-6H3. The molecule has 102 valence electrons. The molecule has 0 aliphatic heterocycles. The molecule has 2 nitrogen and oxygen atoms in total. The summed E-state index contributed by atoms with van der Waals surface area (Å²) < 4.78 is 11.8. The van der Waals surface area contributed by atoms with Gasteiger partial charge in [0.1, 0.15) is 0 Å². The first kappa shape index (κ1) is 15.6. The van der Waals surface area contributed by atoms with Crippen molar-refractivity contribution in [3.05, 3.63) is 23.8 Å². The first-order chi connectivity index (χ1) is 8.23. The van der Waals surface area contributed by atoms with E-state index in [0.717, 1.165) is 22.4 Å². The van der Waals surface area contributed by atoms with Gasteiger partial charge in [0.2, 0.25) is 0 Å². The molecule has 0 aliphatic carbocycles. The van der Waals surface area contributed by atoms with Gasteiger partial charge in [-0.25, -0.2) is 0 Å². The van der Waals surface area contributed by atoms with Gasteiger partial charge in [-0.3, -0.25) is 0 Å². The lowest BCUT2D eigenvalue weighted by molar-refractivity contribution is 0.384. The first-order valence-electron chi connectivity index (χ1n) is 6.14. The lowest BCUT2D eigenvalue weighted by atomic mass is 10.2. The molecule has 0 radical (unpaired) electrons. The average Bonchev–Trinajstić information content (AvgIpc) is 2.27. The maximum atomic E-state index is 6.39. The van der Waals surface area contributed by atoms with E-state index < -0.39 is 8.32 Å². The average molecular weight is 331 g/mol. The van der Waals surface area contributed by atoms with E-state index in [4.69, 9.17) is 9.16 Å². The van der Waals surface area contributed by atoms with E-state index in [1.54, 1.807) is 7.11 Å². The highest BCUT2D eigenvalue weighted by Crippen LogP contribution is 2.41. The summed E-state index contributed by atoms with van der Waals surface area (Å²) in [5, 5.41) is 0.950. The van der Waals surface area contributed by atoms with Gasteiger partial charge in [-0.15, -0.1) is 0 Å². The zero-order valence-electron chi connectivity index (χ0n) is 12.1. The van der Waals surface area contributed by atoms with Crippen LogP contribution in [0.15, 0.2) is 18.2 Å². The van der Waals surface area contributed by atoms with Gasteiger partial charge >= 0.3 is 0 Å². The van der Waals surface area contributed by atoms with E-state index in [0.29, 0.717) is 0 Å². The molecule has 0 aliphatic rings. The van der Waals surface area contributed by atoms with Crippen LogP contribution in [0, 0.1) is 0 Å². The van der Waals surface area contributed by atoms with Crippen LogP contribution in [0.2, 0.25) is 18.1 Å². The van der Waals surface area contributed by atoms with E-state index in [2.05, 4.69) is 55.9 Å². The Labute approximate surface area is 120 Å². The highest BCUT2D eigenvalue weighted by Gasteiger charge is 2.39. The molecule has 0 saturated carbocycles. The van der Waals surface area contributed by atoms with E-state index in [-0.39, 0.29) is 5.04 Å². The fraction of sp³-hybridized carbons (Fsp3) is 0.571. The fourth-order valence-electron chi connectivity index (χ4n) is 1.35. The third-order valence-electron chi connectivity index (χ3n) is 3.59. The second-order valence-corrected chi connectivity index (χ2v) is 11.2. The van der Waals surface area contributed by atoms with Crippen molar-refractivity contribution in [3.63, 3.8) is 0 Å². The van der Waals surface area contributed by atoms with E-state index in [9.17, 15) is 0 Å². The number of alkyl halides is 1. The Balaban J connectivity index is 3.17. The molecule has 0 N–H and O–H groups in total. The van der Waals surface area contributed by atoms with Gasteiger partial charge in [0.15, 0.2) is 11.5 Å². The van der Waals surface area contributed by atoms with Crippen LogP contribution in [0.1, 0.15) is 26.3 Å². The van der Waals surface area contributed by atoms with Crippen LogP contribution in [0.25, 0.3) is 0 Å². The Bertz CT molecular complexity index is 388. The van der Waals surface area contributed by atoms with Gasteiger partial charge in [-0.05, 0) is 24.2 Å². The Kier molecular flexibility index (Phi) is 4.89. The quantitative estimate of drug-likeness (QED) is 0.572. The van der Waals surface area contributed by atoms with Crippen LogP contribution < -0.4 is 9.16 Å². The molecule has 0 fully saturated rings. The molecule has 0 saturated heterocycles. The van der Waals surface area contributed by atoms with Gasteiger partial charge in [-0.1, -0.05) is 48.8 Å². The summed E-state index contributed by atoms with van der Waals surface area (Å²) in [5.74, 6) is 1.71. The minimum atomic E-state index is -1.84. The number of hydrogen-bond donors (Lipinski definition) is 0. The molecule has 0 amide bonds. The predicted octanol–water partition coefficient (Wildman–Crippen LogP) is 4.97. The zero-order chi connectivity index (χ0) is 14.0. The van der Waals surface area contributed by atoms with Crippen molar-refractivity contribution in [3.8, 4) is 11.5 Å². The number of benzene rings is 1. The summed E-state index contributed by atoms with van der Waals surface area (Å²) in [6.45, 7) is 11.2. The number of halogens is 1. The van der Waals surface area contributed by atoms with Crippen molar-refractivity contribution in [2.24, 2.45) is 0 Å². The Morgan fingerprint density at radius 1 is 1.22 bits per heavy atom. The van der Waals surface area contributed by atoms with Crippen LogP contribution in [0.4, 0.5) is 0 Å². The van der Waals surface area contributed by atoms with Crippen LogP contribution in [-0.4, -0.2) is 15.4 Å². The number of hydrogen-bond acceptors (Lipinski definition) is 2. The third-order valence-corrected chi connectivity index (χ3v) is 8.52. The van der Waals surface area contributed by atoms with Gasteiger partial charge < -0.3 is 9.16 Å². The summed E-state index contributed by atoms with van der Waals surface area (Å²) in [4.78, 5) is 0. The molecule has 1 rings (SSSR count). The van der Waals surface area contributed by atoms with Crippen molar-refractivity contribution < 1.29 is 9.16 Å². The van der Waals surface area contributed by atoms with Crippen molar-refractivity contribution in [1.29, 1.82) is 0 Å². The number of para-hydroxylation sites is 1. The molecule has 1 aromatic carbocycles. The van der Waals surface area contributed by atoms with Crippen LogP contribution in [0.5, 0.6) is 11.5 Å². The number of ether oxygens (including phenoxy) is 1. The summed E-state index contributed by atoms with van der Waals surface area (Å²) in [7, 11) is -0.156. The van der Waals surface area contributed by atoms with Gasteiger partial charge in [0.25, 0.3) is 8.32 Å². The van der Waals surface area contributed by atoms with Crippen LogP contribution >= 0.6 is 15.9 Å². The topological polar surface area (TPSA) is 18.5 Å². The van der Waals surface area contributed by atoms with Crippen molar-refractivity contribution in [2.45, 2.75) is 44.2 Å². The fourth-order valence-corrected chi connectivity index (χ4v) is 2.84. The molecular formula is C14H23BrO2Si. The second-order valence-electron chi connectivity index (χ2n) is 5.94. The molecule has 0 bridgehead atoms. The van der Waals surface area contributed by atoms with E-state index in [1.165, 1.54) is 0 Å². The zero-order valence-corrected chi connectivity index (χ0v) is 14.7. The third kappa shape index (κ3) is 3.29. The normalized spacial score (nSPS) is 12.4. The highest BCUT2D eigenvalue weighted by atomic mass is 79.9.